The lowest BCUT2D eigenvalue weighted by Crippen LogP contribution is -2.43. The molecule has 0 aromatic heterocycles. The molecule has 1 aliphatic carbocycles. The molecule has 2 bridgehead atoms. The van der Waals surface area contributed by atoms with Crippen LogP contribution >= 0.6 is 11.8 Å². The van der Waals surface area contributed by atoms with E-state index < -0.39 is 0 Å². The molecule has 3 fully saturated rings. The third kappa shape index (κ3) is 1.97. The van der Waals surface area contributed by atoms with Gasteiger partial charge in [-0.25, -0.2) is 0 Å². The summed E-state index contributed by atoms with van der Waals surface area (Å²) in [6.45, 7) is 1.06. The molecular formula is C14H22N2OS. The Balaban J connectivity index is 1.37. The molecule has 1 N–H and O–H groups in total. The average molecular weight is 266 g/mol. The second-order valence-electron chi connectivity index (χ2n) is 6.48. The van der Waals surface area contributed by atoms with Gasteiger partial charge in [-0.1, -0.05) is 24.6 Å². The minimum atomic E-state index is 0.459. The molecule has 0 aromatic rings. The largest absolute Gasteiger partial charge is 0.373 e. The van der Waals surface area contributed by atoms with Crippen LogP contribution in [-0.2, 0) is 4.74 Å². The molecule has 3 aliphatic heterocycles. The normalized spacial score (nSPS) is 41.3. The zero-order valence-corrected chi connectivity index (χ0v) is 11.7. The number of thioether (sulfide) groups is 1. The van der Waals surface area contributed by atoms with Crippen LogP contribution < -0.4 is 5.32 Å². The Morgan fingerprint density at radius 2 is 2.17 bits per heavy atom. The number of ether oxygens (including phenoxy) is 1. The van der Waals surface area contributed by atoms with Crippen LogP contribution in [-0.4, -0.2) is 35.7 Å². The van der Waals surface area contributed by atoms with E-state index in [0.717, 1.165) is 6.54 Å². The summed E-state index contributed by atoms with van der Waals surface area (Å²) < 4.78 is 5.89. The highest BCUT2D eigenvalue weighted by atomic mass is 32.2. The molecule has 1 spiro atoms. The molecule has 2 saturated heterocycles. The van der Waals surface area contributed by atoms with Gasteiger partial charge in [0.15, 0.2) is 5.17 Å². The number of fused-ring (bicyclic) bond motifs is 2. The lowest BCUT2D eigenvalue weighted by Gasteiger charge is -2.32. The lowest BCUT2D eigenvalue weighted by molar-refractivity contribution is 0.0994. The fourth-order valence-corrected chi connectivity index (χ4v) is 5.23. The van der Waals surface area contributed by atoms with Gasteiger partial charge in [0.25, 0.3) is 0 Å². The molecule has 4 aliphatic rings. The second kappa shape index (κ2) is 4.41. The fourth-order valence-electron chi connectivity index (χ4n) is 4.02. The van der Waals surface area contributed by atoms with Crippen molar-refractivity contribution in [3.05, 3.63) is 0 Å². The third-order valence-electron chi connectivity index (χ3n) is 5.15. The van der Waals surface area contributed by atoms with Crippen LogP contribution in [0.25, 0.3) is 0 Å². The molecule has 1 saturated carbocycles. The average Bonchev–Trinajstić information content (AvgIpc) is 3.09. The minimum absolute atomic E-state index is 0.459. The van der Waals surface area contributed by atoms with E-state index in [0.29, 0.717) is 23.7 Å². The summed E-state index contributed by atoms with van der Waals surface area (Å²) in [5.41, 5.74) is 0.557. The molecule has 4 heteroatoms. The number of amidine groups is 1. The number of hydrogen-bond donors (Lipinski definition) is 1. The topological polar surface area (TPSA) is 33.6 Å². The van der Waals surface area contributed by atoms with Crippen LogP contribution in [0.15, 0.2) is 4.99 Å². The van der Waals surface area contributed by atoms with Crippen LogP contribution in [0.4, 0.5) is 0 Å². The summed E-state index contributed by atoms with van der Waals surface area (Å²) >= 11 is 1.96. The summed E-state index contributed by atoms with van der Waals surface area (Å²) in [5, 5.41) is 4.83. The highest BCUT2D eigenvalue weighted by molar-refractivity contribution is 8.13. The van der Waals surface area contributed by atoms with Crippen LogP contribution in [0.3, 0.4) is 0 Å². The van der Waals surface area contributed by atoms with Crippen LogP contribution in [0, 0.1) is 5.41 Å². The van der Waals surface area contributed by atoms with Crippen molar-refractivity contribution in [3.63, 3.8) is 0 Å². The van der Waals surface area contributed by atoms with E-state index in [4.69, 9.17) is 9.73 Å². The summed E-state index contributed by atoms with van der Waals surface area (Å²) in [7, 11) is 0. The van der Waals surface area contributed by atoms with Gasteiger partial charge in [0.2, 0.25) is 0 Å². The standard InChI is InChI=1S/C14H22N2OS/c1-2-6-14(5-1)8-15-13(18-9-14)16-11-7-10-3-4-12(11)17-10/h10-12H,1-9H2,(H,15,16). The predicted octanol–water partition coefficient (Wildman–Crippen LogP) is 2.56. The van der Waals surface area contributed by atoms with Crippen molar-refractivity contribution >= 4 is 16.9 Å². The lowest BCUT2D eigenvalue weighted by atomic mass is 9.89. The molecule has 3 atom stereocenters. The second-order valence-corrected chi connectivity index (χ2v) is 7.44. The van der Waals surface area contributed by atoms with Gasteiger partial charge in [0.1, 0.15) is 0 Å². The van der Waals surface area contributed by atoms with Gasteiger partial charge in [-0.05, 0) is 37.5 Å². The summed E-state index contributed by atoms with van der Waals surface area (Å²) in [4.78, 5) is 4.82. The van der Waals surface area contributed by atoms with Gasteiger partial charge in [0.05, 0.1) is 18.2 Å². The van der Waals surface area contributed by atoms with E-state index in [9.17, 15) is 0 Å². The molecule has 3 heterocycles. The van der Waals surface area contributed by atoms with Crippen molar-refractivity contribution in [3.8, 4) is 0 Å². The van der Waals surface area contributed by atoms with Gasteiger partial charge in [-0.3, -0.25) is 4.99 Å². The molecule has 3 nitrogen and oxygen atoms in total. The van der Waals surface area contributed by atoms with E-state index in [1.807, 2.05) is 11.8 Å². The first-order valence-electron chi connectivity index (χ1n) is 7.42. The smallest absolute Gasteiger partial charge is 0.156 e. The maximum absolute atomic E-state index is 5.89. The molecule has 0 amide bonds. The summed E-state index contributed by atoms with van der Waals surface area (Å²) in [5.74, 6) is 1.28. The van der Waals surface area contributed by atoms with Crippen molar-refractivity contribution in [2.75, 3.05) is 12.3 Å². The number of nitrogens with one attached hydrogen (secondary N) is 1. The van der Waals surface area contributed by atoms with Crippen LogP contribution in [0.2, 0.25) is 0 Å². The van der Waals surface area contributed by atoms with E-state index in [1.165, 1.54) is 55.9 Å². The van der Waals surface area contributed by atoms with Crippen molar-refractivity contribution in [1.29, 1.82) is 0 Å². The van der Waals surface area contributed by atoms with Crippen molar-refractivity contribution in [2.24, 2.45) is 10.4 Å². The number of nitrogens with zero attached hydrogens (tertiary/aromatic N) is 1. The molecule has 100 valence electrons. The van der Waals surface area contributed by atoms with Gasteiger partial charge < -0.3 is 10.1 Å². The summed E-state index contributed by atoms with van der Waals surface area (Å²) in [6, 6.07) is 0.535. The number of rotatable bonds is 1. The maximum Gasteiger partial charge on any atom is 0.156 e. The highest BCUT2D eigenvalue weighted by Crippen LogP contribution is 2.43. The molecule has 4 rings (SSSR count). The molecule has 0 radical (unpaired) electrons. The fraction of sp³-hybridized carbons (Fsp3) is 0.929. The molecule has 0 aromatic carbocycles. The quantitative estimate of drug-likeness (QED) is 0.792. The van der Waals surface area contributed by atoms with Gasteiger partial charge >= 0.3 is 0 Å². The van der Waals surface area contributed by atoms with E-state index >= 15 is 0 Å². The van der Waals surface area contributed by atoms with Crippen LogP contribution in [0.5, 0.6) is 0 Å². The maximum atomic E-state index is 5.89. The molecule has 18 heavy (non-hydrogen) atoms. The van der Waals surface area contributed by atoms with Crippen molar-refractivity contribution < 1.29 is 4.74 Å². The first-order valence-corrected chi connectivity index (χ1v) is 8.41. The SMILES string of the molecule is C1CCC2(C1)CN=C(NC1CC3CCC1O3)SC2. The minimum Gasteiger partial charge on any atom is -0.373 e. The number of aliphatic imine (C=N–C) groups is 1. The molecular weight excluding hydrogens is 244 g/mol. The summed E-state index contributed by atoms with van der Waals surface area (Å²) in [6.07, 6.45) is 10.3. The Morgan fingerprint density at radius 3 is 2.78 bits per heavy atom. The Bertz CT molecular complexity index is 365. The Hall–Kier alpha value is -0.220. The van der Waals surface area contributed by atoms with Gasteiger partial charge in [-0.15, -0.1) is 0 Å². The third-order valence-corrected chi connectivity index (χ3v) is 6.43. The van der Waals surface area contributed by atoms with Gasteiger partial charge in [-0.2, -0.15) is 0 Å². The Labute approximate surface area is 113 Å². The Kier molecular flexibility index (Phi) is 2.84. The van der Waals surface area contributed by atoms with Crippen LogP contribution in [0.1, 0.15) is 44.9 Å². The molecule has 3 unspecified atom stereocenters. The van der Waals surface area contributed by atoms with Crippen molar-refractivity contribution in [1.82, 2.24) is 5.32 Å². The zero-order chi connectivity index (χ0) is 12.0. The highest BCUT2D eigenvalue weighted by Gasteiger charge is 2.42. The van der Waals surface area contributed by atoms with E-state index in [2.05, 4.69) is 5.32 Å². The zero-order valence-electron chi connectivity index (χ0n) is 10.9. The number of hydrogen-bond acceptors (Lipinski definition) is 4. The Morgan fingerprint density at radius 1 is 1.28 bits per heavy atom. The van der Waals surface area contributed by atoms with Gasteiger partial charge in [0, 0.05) is 12.3 Å². The predicted molar refractivity (Wildman–Crippen MR) is 75.1 cm³/mol. The first kappa shape index (κ1) is 11.6. The van der Waals surface area contributed by atoms with Crippen molar-refractivity contribution in [2.45, 2.75) is 63.2 Å². The first-order chi connectivity index (χ1) is 8.83. The monoisotopic (exact) mass is 266 g/mol. The van der Waals surface area contributed by atoms with E-state index in [1.54, 1.807) is 0 Å². The van der Waals surface area contributed by atoms with E-state index in [-0.39, 0.29) is 0 Å².